The summed E-state index contributed by atoms with van der Waals surface area (Å²) in [7, 11) is 1.40. The molecule has 0 radical (unpaired) electrons. The van der Waals surface area contributed by atoms with Crippen LogP contribution < -0.4 is 15.6 Å². The maximum Gasteiger partial charge on any atom is 0.282 e. The van der Waals surface area contributed by atoms with Gasteiger partial charge in [-0.05, 0) is 37.6 Å². The van der Waals surface area contributed by atoms with Crippen LogP contribution in [0, 0.1) is 24.0 Å². The highest BCUT2D eigenvalue weighted by atomic mass is 16.6. The number of benzene rings is 1. The van der Waals surface area contributed by atoms with Crippen LogP contribution in [0.1, 0.15) is 27.2 Å². The largest absolute Gasteiger partial charge is 0.497 e. The first-order valence-corrected chi connectivity index (χ1v) is 7.13. The smallest absolute Gasteiger partial charge is 0.282 e. The van der Waals surface area contributed by atoms with Crippen LogP contribution in [-0.2, 0) is 6.54 Å². The van der Waals surface area contributed by atoms with E-state index in [1.54, 1.807) is 19.9 Å². The Morgan fingerprint density at radius 2 is 2.04 bits per heavy atom. The van der Waals surface area contributed by atoms with Gasteiger partial charge in [0.05, 0.1) is 12.0 Å². The van der Waals surface area contributed by atoms with E-state index in [9.17, 15) is 19.7 Å². The number of carbonyl (C=O) groups is 1. The number of aromatic nitrogens is 1. The molecular formula is C16H17N3O5. The average molecular weight is 331 g/mol. The first-order valence-electron chi connectivity index (χ1n) is 7.13. The molecule has 0 fully saturated rings. The van der Waals surface area contributed by atoms with Crippen LogP contribution in [0.2, 0.25) is 0 Å². The van der Waals surface area contributed by atoms with Gasteiger partial charge in [-0.25, -0.2) is 0 Å². The van der Waals surface area contributed by atoms with Gasteiger partial charge in [-0.2, -0.15) is 0 Å². The normalized spacial score (nSPS) is 10.3. The zero-order valence-electron chi connectivity index (χ0n) is 13.5. The molecule has 1 amide bonds. The molecule has 0 saturated carbocycles. The molecular weight excluding hydrogens is 314 g/mol. The van der Waals surface area contributed by atoms with Gasteiger partial charge in [0.2, 0.25) is 0 Å². The predicted molar refractivity (Wildman–Crippen MR) is 87.4 cm³/mol. The molecule has 0 aliphatic heterocycles. The predicted octanol–water partition coefficient (Wildman–Crippen LogP) is 1.84. The maximum absolute atomic E-state index is 12.3. The van der Waals surface area contributed by atoms with Crippen molar-refractivity contribution in [3.63, 3.8) is 0 Å². The molecule has 24 heavy (non-hydrogen) atoms. The van der Waals surface area contributed by atoms with Crippen molar-refractivity contribution in [1.82, 2.24) is 10.3 Å². The van der Waals surface area contributed by atoms with Crippen molar-refractivity contribution in [2.75, 3.05) is 7.11 Å². The number of carbonyl (C=O) groups excluding carboxylic acids is 1. The second kappa shape index (κ2) is 6.95. The second-order valence-corrected chi connectivity index (χ2v) is 5.27. The van der Waals surface area contributed by atoms with Crippen LogP contribution >= 0.6 is 0 Å². The van der Waals surface area contributed by atoms with E-state index in [4.69, 9.17) is 4.74 Å². The Kier molecular flexibility index (Phi) is 4.98. The number of aromatic amines is 1. The van der Waals surface area contributed by atoms with E-state index in [2.05, 4.69) is 10.3 Å². The molecule has 2 rings (SSSR count). The Balaban J connectivity index is 2.28. The molecule has 2 N–H and O–H groups in total. The highest BCUT2D eigenvalue weighted by molar-refractivity contribution is 5.98. The van der Waals surface area contributed by atoms with Gasteiger partial charge in [0.15, 0.2) is 0 Å². The van der Waals surface area contributed by atoms with Crippen LogP contribution in [0.15, 0.2) is 29.1 Å². The van der Waals surface area contributed by atoms with Crippen molar-refractivity contribution in [2.24, 2.45) is 0 Å². The number of nitrogens with one attached hydrogen (secondary N) is 2. The number of aryl methyl sites for hydroxylation is 2. The zero-order chi connectivity index (χ0) is 17.9. The first-order chi connectivity index (χ1) is 11.3. The Morgan fingerprint density at radius 3 is 2.62 bits per heavy atom. The molecule has 0 unspecified atom stereocenters. The zero-order valence-corrected chi connectivity index (χ0v) is 13.5. The number of nitro groups is 1. The van der Waals surface area contributed by atoms with E-state index in [-0.39, 0.29) is 23.4 Å². The average Bonchev–Trinajstić information content (AvgIpc) is 2.52. The van der Waals surface area contributed by atoms with E-state index < -0.39 is 10.8 Å². The highest BCUT2D eigenvalue weighted by Gasteiger charge is 2.21. The number of nitrogens with zero attached hydrogens (tertiary/aromatic N) is 1. The summed E-state index contributed by atoms with van der Waals surface area (Å²) in [5.74, 6) is -0.324. The van der Waals surface area contributed by atoms with Gasteiger partial charge < -0.3 is 15.0 Å². The van der Waals surface area contributed by atoms with Gasteiger partial charge >= 0.3 is 0 Å². The summed E-state index contributed by atoms with van der Waals surface area (Å²) in [5.41, 5.74) is 1.10. The second-order valence-electron chi connectivity index (χ2n) is 5.27. The van der Waals surface area contributed by atoms with E-state index in [0.717, 1.165) is 11.3 Å². The first kappa shape index (κ1) is 17.2. The quantitative estimate of drug-likeness (QED) is 0.641. The lowest BCUT2D eigenvalue weighted by Gasteiger charge is -2.09. The molecule has 8 nitrogen and oxygen atoms in total. The molecule has 1 aromatic heterocycles. The lowest BCUT2D eigenvalue weighted by atomic mass is 10.1. The van der Waals surface area contributed by atoms with Crippen molar-refractivity contribution in [3.05, 3.63) is 67.1 Å². The molecule has 1 aromatic carbocycles. The standard InChI is InChI=1S/C16H17N3O5/c1-9-6-10(2)18-16(21)13(9)8-17-15(20)12-7-11(24-3)4-5-14(12)19(22)23/h4-7H,8H2,1-3H3,(H,17,20)(H,18,21). The number of hydrogen-bond donors (Lipinski definition) is 2. The van der Waals surface area contributed by atoms with Gasteiger partial charge in [-0.3, -0.25) is 19.7 Å². The molecule has 0 aliphatic carbocycles. The topological polar surface area (TPSA) is 114 Å². The van der Waals surface area contributed by atoms with Crippen molar-refractivity contribution in [3.8, 4) is 5.75 Å². The number of hydrogen-bond acceptors (Lipinski definition) is 5. The summed E-state index contributed by atoms with van der Waals surface area (Å²) in [6.07, 6.45) is 0. The number of amides is 1. The molecule has 0 aliphatic rings. The molecule has 0 bridgehead atoms. The van der Waals surface area contributed by atoms with Crippen molar-refractivity contribution in [1.29, 1.82) is 0 Å². The number of pyridine rings is 1. The number of rotatable bonds is 5. The van der Waals surface area contributed by atoms with Gasteiger partial charge in [-0.15, -0.1) is 0 Å². The van der Waals surface area contributed by atoms with Gasteiger partial charge in [0.1, 0.15) is 11.3 Å². The van der Waals surface area contributed by atoms with Crippen LogP contribution in [0.5, 0.6) is 5.75 Å². The van der Waals surface area contributed by atoms with Gasteiger partial charge in [-0.1, -0.05) is 0 Å². The van der Waals surface area contributed by atoms with Crippen molar-refractivity contribution in [2.45, 2.75) is 20.4 Å². The van der Waals surface area contributed by atoms with Crippen molar-refractivity contribution >= 4 is 11.6 Å². The van der Waals surface area contributed by atoms with Gasteiger partial charge in [0.25, 0.3) is 17.2 Å². The summed E-state index contributed by atoms with van der Waals surface area (Å²) in [4.78, 5) is 37.4. The molecule has 2 aromatic rings. The fourth-order valence-corrected chi connectivity index (χ4v) is 2.35. The minimum Gasteiger partial charge on any atom is -0.497 e. The molecule has 8 heteroatoms. The van der Waals surface area contributed by atoms with Crippen LogP contribution in [0.4, 0.5) is 5.69 Å². The lowest BCUT2D eigenvalue weighted by molar-refractivity contribution is -0.385. The molecule has 0 atom stereocenters. The summed E-state index contributed by atoms with van der Waals surface area (Å²) in [5, 5.41) is 13.6. The van der Waals surface area contributed by atoms with Crippen LogP contribution in [0.3, 0.4) is 0 Å². The third kappa shape index (κ3) is 3.60. The summed E-state index contributed by atoms with van der Waals surface area (Å²) < 4.78 is 5.00. The Morgan fingerprint density at radius 1 is 1.33 bits per heavy atom. The van der Waals surface area contributed by atoms with E-state index in [0.29, 0.717) is 11.3 Å². The minimum absolute atomic E-state index is 0.0331. The third-order valence-electron chi connectivity index (χ3n) is 3.56. The third-order valence-corrected chi connectivity index (χ3v) is 3.56. The molecule has 0 saturated heterocycles. The summed E-state index contributed by atoms with van der Waals surface area (Å²) >= 11 is 0. The fourth-order valence-electron chi connectivity index (χ4n) is 2.35. The molecule has 126 valence electrons. The lowest BCUT2D eigenvalue weighted by Crippen LogP contribution is -2.28. The summed E-state index contributed by atoms with van der Waals surface area (Å²) in [6, 6.07) is 5.69. The Hall–Kier alpha value is -3.16. The van der Waals surface area contributed by atoms with E-state index in [1.165, 1.54) is 25.3 Å². The van der Waals surface area contributed by atoms with Crippen molar-refractivity contribution < 1.29 is 14.5 Å². The summed E-state index contributed by atoms with van der Waals surface area (Å²) in [6.45, 7) is 3.49. The number of methoxy groups -OCH3 is 1. The number of ether oxygens (including phenoxy) is 1. The maximum atomic E-state index is 12.3. The molecule has 1 heterocycles. The fraction of sp³-hybridized carbons (Fsp3) is 0.250. The number of nitro benzene ring substituents is 1. The Labute approximate surface area is 137 Å². The minimum atomic E-state index is -0.653. The molecule has 0 spiro atoms. The van der Waals surface area contributed by atoms with E-state index >= 15 is 0 Å². The van der Waals surface area contributed by atoms with Crippen LogP contribution in [0.25, 0.3) is 0 Å². The van der Waals surface area contributed by atoms with Crippen LogP contribution in [-0.4, -0.2) is 22.9 Å². The van der Waals surface area contributed by atoms with E-state index in [1.807, 2.05) is 0 Å². The monoisotopic (exact) mass is 331 g/mol. The highest BCUT2D eigenvalue weighted by Crippen LogP contribution is 2.24. The Bertz CT molecular complexity index is 857. The number of H-pyrrole nitrogens is 1. The van der Waals surface area contributed by atoms with Gasteiger partial charge in [0, 0.05) is 23.9 Å². The SMILES string of the molecule is COc1ccc([N+](=O)[O-])c(C(=O)NCc2c(C)cc(C)[nH]c2=O)c1.